The predicted molar refractivity (Wildman–Crippen MR) is 95.4 cm³/mol. The molecule has 1 amide bonds. The number of primary amides is 1. The zero-order valence-electron chi connectivity index (χ0n) is 14.7. The van der Waals surface area contributed by atoms with E-state index in [2.05, 4.69) is 0 Å². The maximum absolute atomic E-state index is 13.0. The second kappa shape index (κ2) is 9.56. The summed E-state index contributed by atoms with van der Waals surface area (Å²) < 4.78 is 23.7. The Morgan fingerprint density at radius 3 is 2.15 bits per heavy atom. The molecule has 0 saturated heterocycles. The molecule has 2 rings (SSSR count). The van der Waals surface area contributed by atoms with Crippen molar-refractivity contribution < 1.29 is 23.5 Å². The Morgan fingerprint density at radius 1 is 0.962 bits per heavy atom. The molecule has 26 heavy (non-hydrogen) atoms. The average molecular weight is 359 g/mol. The van der Waals surface area contributed by atoms with Crippen LogP contribution >= 0.6 is 0 Å². The summed E-state index contributed by atoms with van der Waals surface area (Å²) in [4.78, 5) is 22.6. The fourth-order valence-electron chi connectivity index (χ4n) is 2.46. The summed E-state index contributed by atoms with van der Waals surface area (Å²) >= 11 is 0. The fourth-order valence-corrected chi connectivity index (χ4v) is 2.46. The molecule has 0 bridgehead atoms. The highest BCUT2D eigenvalue weighted by atomic mass is 19.1. The third-order valence-electron chi connectivity index (χ3n) is 3.66. The first-order valence-corrected chi connectivity index (χ1v) is 8.46. The first-order valence-electron chi connectivity index (χ1n) is 8.46. The molecule has 2 N–H and O–H groups in total. The Morgan fingerprint density at radius 2 is 1.58 bits per heavy atom. The van der Waals surface area contributed by atoms with Crippen LogP contribution in [0.25, 0.3) is 0 Å². The van der Waals surface area contributed by atoms with Crippen LogP contribution in [-0.2, 0) is 27.2 Å². The molecule has 0 unspecified atom stereocenters. The predicted octanol–water partition coefficient (Wildman–Crippen LogP) is 3.53. The van der Waals surface area contributed by atoms with Gasteiger partial charge in [-0.3, -0.25) is 9.59 Å². The molecule has 0 aromatic heterocycles. The van der Waals surface area contributed by atoms with E-state index in [1.807, 2.05) is 12.1 Å². The lowest BCUT2D eigenvalue weighted by atomic mass is 10.0. The van der Waals surface area contributed by atoms with Crippen LogP contribution in [0.5, 0.6) is 11.5 Å². The van der Waals surface area contributed by atoms with E-state index in [1.54, 1.807) is 13.0 Å². The third-order valence-corrected chi connectivity index (χ3v) is 3.66. The maximum Gasteiger partial charge on any atom is 0.306 e. The summed E-state index contributed by atoms with van der Waals surface area (Å²) in [5, 5.41) is 0. The maximum atomic E-state index is 13.0. The van der Waals surface area contributed by atoms with E-state index in [0.29, 0.717) is 30.9 Å². The SMILES string of the molecule is CCOC(=O)CCc1cc(CCC(N)=O)cc(Oc2ccc(F)cc2)c1. The molecule has 0 aliphatic carbocycles. The fraction of sp³-hybridized carbons (Fsp3) is 0.300. The minimum Gasteiger partial charge on any atom is -0.466 e. The second-order valence-electron chi connectivity index (χ2n) is 5.81. The van der Waals surface area contributed by atoms with Crippen molar-refractivity contribution in [1.29, 1.82) is 0 Å². The van der Waals surface area contributed by atoms with Gasteiger partial charge in [0.2, 0.25) is 5.91 Å². The highest BCUT2D eigenvalue weighted by Crippen LogP contribution is 2.25. The van der Waals surface area contributed by atoms with Crippen LogP contribution in [0.15, 0.2) is 42.5 Å². The summed E-state index contributed by atoms with van der Waals surface area (Å²) in [6, 6.07) is 11.2. The van der Waals surface area contributed by atoms with Crippen molar-refractivity contribution in [2.45, 2.75) is 32.6 Å². The second-order valence-corrected chi connectivity index (χ2v) is 5.81. The minimum absolute atomic E-state index is 0.220. The van der Waals surface area contributed by atoms with Gasteiger partial charge in [-0.15, -0.1) is 0 Å². The lowest BCUT2D eigenvalue weighted by Gasteiger charge is -2.11. The van der Waals surface area contributed by atoms with Crippen molar-refractivity contribution in [2.24, 2.45) is 5.73 Å². The number of carbonyl (C=O) groups is 2. The number of rotatable bonds is 9. The van der Waals surface area contributed by atoms with Crippen molar-refractivity contribution in [2.75, 3.05) is 6.61 Å². The number of carbonyl (C=O) groups excluding carboxylic acids is 2. The summed E-state index contributed by atoms with van der Waals surface area (Å²) in [6.45, 7) is 2.10. The van der Waals surface area contributed by atoms with Gasteiger partial charge in [-0.05, 0) is 67.3 Å². The zero-order chi connectivity index (χ0) is 18.9. The molecule has 0 aliphatic heterocycles. The molecular weight excluding hydrogens is 337 g/mol. The number of ether oxygens (including phenoxy) is 2. The number of nitrogens with two attached hydrogens (primary N) is 1. The first kappa shape index (κ1) is 19.4. The molecule has 2 aromatic carbocycles. The Hall–Kier alpha value is -2.89. The van der Waals surface area contributed by atoms with Gasteiger partial charge in [0.1, 0.15) is 17.3 Å². The summed E-state index contributed by atoms with van der Waals surface area (Å²) in [6.07, 6.45) is 1.44. The van der Waals surface area contributed by atoms with E-state index in [-0.39, 0.29) is 30.5 Å². The molecule has 138 valence electrons. The molecular formula is C20H22FNO4. The van der Waals surface area contributed by atoms with E-state index in [0.717, 1.165) is 11.1 Å². The van der Waals surface area contributed by atoms with E-state index < -0.39 is 0 Å². The van der Waals surface area contributed by atoms with E-state index >= 15 is 0 Å². The number of halogens is 1. The van der Waals surface area contributed by atoms with Gasteiger partial charge in [-0.25, -0.2) is 4.39 Å². The van der Waals surface area contributed by atoms with Crippen LogP contribution < -0.4 is 10.5 Å². The summed E-state index contributed by atoms with van der Waals surface area (Å²) in [5.41, 5.74) is 6.98. The van der Waals surface area contributed by atoms with Crippen LogP contribution in [-0.4, -0.2) is 18.5 Å². The van der Waals surface area contributed by atoms with Gasteiger partial charge in [0.05, 0.1) is 6.61 Å². The van der Waals surface area contributed by atoms with E-state index in [1.165, 1.54) is 24.3 Å². The van der Waals surface area contributed by atoms with Gasteiger partial charge in [0.25, 0.3) is 0 Å². The molecule has 6 heteroatoms. The van der Waals surface area contributed by atoms with Gasteiger partial charge >= 0.3 is 5.97 Å². The average Bonchev–Trinajstić information content (AvgIpc) is 2.60. The van der Waals surface area contributed by atoms with Gasteiger partial charge in [0, 0.05) is 12.8 Å². The van der Waals surface area contributed by atoms with Crippen LogP contribution in [0, 0.1) is 5.82 Å². The van der Waals surface area contributed by atoms with Crippen molar-refractivity contribution in [1.82, 2.24) is 0 Å². The van der Waals surface area contributed by atoms with Gasteiger partial charge in [-0.2, -0.15) is 0 Å². The topological polar surface area (TPSA) is 78.6 Å². The van der Waals surface area contributed by atoms with Crippen LogP contribution in [0.1, 0.15) is 30.9 Å². The number of hydrogen-bond donors (Lipinski definition) is 1. The van der Waals surface area contributed by atoms with Crippen LogP contribution in [0.3, 0.4) is 0 Å². The quantitative estimate of drug-likeness (QED) is 0.695. The standard InChI is InChI=1S/C20H22FNO4/c1-2-25-20(24)10-4-15-11-14(3-9-19(22)23)12-18(13-15)26-17-7-5-16(21)6-8-17/h5-8,11-13H,2-4,9-10H2,1H3,(H2,22,23). The molecule has 0 radical (unpaired) electrons. The highest BCUT2D eigenvalue weighted by molar-refractivity contribution is 5.74. The summed E-state index contributed by atoms with van der Waals surface area (Å²) in [5.74, 6) is 0.0499. The van der Waals surface area contributed by atoms with Crippen molar-refractivity contribution in [3.05, 3.63) is 59.4 Å². The van der Waals surface area contributed by atoms with Crippen molar-refractivity contribution >= 4 is 11.9 Å². The number of esters is 1. The Balaban J connectivity index is 2.17. The zero-order valence-corrected chi connectivity index (χ0v) is 14.7. The van der Waals surface area contributed by atoms with Crippen molar-refractivity contribution in [3.8, 4) is 11.5 Å². The van der Waals surface area contributed by atoms with E-state index in [4.69, 9.17) is 15.2 Å². The molecule has 0 fully saturated rings. The van der Waals surface area contributed by atoms with Crippen LogP contribution in [0.2, 0.25) is 0 Å². The highest BCUT2D eigenvalue weighted by Gasteiger charge is 2.08. The molecule has 0 atom stereocenters. The number of hydrogen-bond acceptors (Lipinski definition) is 4. The number of amides is 1. The molecule has 5 nitrogen and oxygen atoms in total. The Labute approximate surface area is 151 Å². The monoisotopic (exact) mass is 359 g/mol. The first-order chi connectivity index (χ1) is 12.5. The largest absolute Gasteiger partial charge is 0.466 e. The minimum atomic E-state index is -0.386. The van der Waals surface area contributed by atoms with Gasteiger partial charge < -0.3 is 15.2 Å². The Kier molecular flexibility index (Phi) is 7.14. The molecule has 0 heterocycles. The molecule has 2 aromatic rings. The smallest absolute Gasteiger partial charge is 0.306 e. The van der Waals surface area contributed by atoms with Gasteiger partial charge in [0.15, 0.2) is 0 Å². The normalized spacial score (nSPS) is 10.4. The van der Waals surface area contributed by atoms with E-state index in [9.17, 15) is 14.0 Å². The molecule has 0 saturated carbocycles. The third kappa shape index (κ3) is 6.55. The van der Waals surface area contributed by atoms with Crippen molar-refractivity contribution in [3.63, 3.8) is 0 Å². The number of aryl methyl sites for hydroxylation is 2. The molecule has 0 spiro atoms. The lowest BCUT2D eigenvalue weighted by Crippen LogP contribution is -2.11. The lowest BCUT2D eigenvalue weighted by molar-refractivity contribution is -0.143. The Bertz CT molecular complexity index is 759. The summed E-state index contributed by atoms with van der Waals surface area (Å²) in [7, 11) is 0. The number of benzene rings is 2. The molecule has 0 aliphatic rings. The van der Waals surface area contributed by atoms with Crippen LogP contribution in [0.4, 0.5) is 4.39 Å². The van der Waals surface area contributed by atoms with Gasteiger partial charge in [-0.1, -0.05) is 6.07 Å².